The largest absolute Gasteiger partial charge is 0.338 e. The van der Waals surface area contributed by atoms with Gasteiger partial charge in [-0.2, -0.15) is 0 Å². The highest BCUT2D eigenvalue weighted by molar-refractivity contribution is 14.1. The molecule has 0 aromatic carbocycles. The average Bonchev–Trinajstić information content (AvgIpc) is 3.10. The molecule has 5 nitrogen and oxygen atoms in total. The number of nitrogens with zero attached hydrogens (tertiary/aromatic N) is 3. The topological polar surface area (TPSA) is 38.8 Å². The second-order valence-corrected chi connectivity index (χ2v) is 9.79. The van der Waals surface area contributed by atoms with E-state index in [0.717, 1.165) is 56.0 Å². The number of alkyl halides is 1. The first-order chi connectivity index (χ1) is 12.2. The number of carbonyl (C=O) groups excluding carboxylic acids is 1. The standard InChI is InChI=1S/C19H35IN4O/c1-2-22-10-5-16(13-22)14-24(18-3-8-21-9-4-18)19(25)15-23-11-6-17(20)7-12-23/h16-18,21H,2-15H2,1H3. The van der Waals surface area contributed by atoms with Gasteiger partial charge in [-0.25, -0.2) is 0 Å². The minimum absolute atomic E-state index is 0.383. The van der Waals surface area contributed by atoms with Gasteiger partial charge in [-0.15, -0.1) is 0 Å². The van der Waals surface area contributed by atoms with Crippen LogP contribution in [0.5, 0.6) is 0 Å². The molecule has 1 unspecified atom stereocenters. The Hall–Kier alpha value is 0.0800. The first-order valence-corrected chi connectivity index (χ1v) is 11.5. The van der Waals surface area contributed by atoms with Crippen LogP contribution < -0.4 is 5.32 Å². The van der Waals surface area contributed by atoms with Crippen LogP contribution in [0.2, 0.25) is 0 Å². The van der Waals surface area contributed by atoms with Gasteiger partial charge < -0.3 is 15.1 Å². The zero-order valence-electron chi connectivity index (χ0n) is 15.8. The molecule has 25 heavy (non-hydrogen) atoms. The highest BCUT2D eigenvalue weighted by atomic mass is 127. The lowest BCUT2D eigenvalue weighted by Crippen LogP contribution is -2.52. The summed E-state index contributed by atoms with van der Waals surface area (Å²) >= 11 is 2.55. The normalized spacial score (nSPS) is 27.7. The summed E-state index contributed by atoms with van der Waals surface area (Å²) < 4.78 is 0.794. The van der Waals surface area contributed by atoms with Crippen LogP contribution in [0.1, 0.15) is 39.0 Å². The summed E-state index contributed by atoms with van der Waals surface area (Å²) in [6, 6.07) is 0.451. The number of rotatable bonds is 6. The summed E-state index contributed by atoms with van der Waals surface area (Å²) in [5, 5.41) is 3.45. The Labute approximate surface area is 167 Å². The zero-order chi connectivity index (χ0) is 17.6. The third kappa shape index (κ3) is 5.78. The molecule has 0 aliphatic carbocycles. The molecule has 6 heteroatoms. The van der Waals surface area contributed by atoms with E-state index in [9.17, 15) is 4.79 Å². The predicted octanol–water partition coefficient (Wildman–Crippen LogP) is 1.81. The molecule has 1 N–H and O–H groups in total. The van der Waals surface area contributed by atoms with E-state index in [1.165, 1.54) is 32.4 Å². The first-order valence-electron chi connectivity index (χ1n) is 10.2. The summed E-state index contributed by atoms with van der Waals surface area (Å²) in [7, 11) is 0. The summed E-state index contributed by atoms with van der Waals surface area (Å²) in [6.45, 7) is 11.7. The molecule has 3 aliphatic heterocycles. The van der Waals surface area contributed by atoms with Crippen LogP contribution in [0.25, 0.3) is 0 Å². The molecular weight excluding hydrogens is 427 g/mol. The smallest absolute Gasteiger partial charge is 0.237 e. The Morgan fingerprint density at radius 1 is 1.08 bits per heavy atom. The van der Waals surface area contributed by atoms with Gasteiger partial charge in [0.05, 0.1) is 6.54 Å². The van der Waals surface area contributed by atoms with Gasteiger partial charge in [-0.05, 0) is 77.3 Å². The minimum atomic E-state index is 0.383. The number of piperidine rings is 2. The maximum Gasteiger partial charge on any atom is 0.237 e. The molecule has 0 aromatic heterocycles. The maximum absolute atomic E-state index is 13.2. The number of hydrogen-bond acceptors (Lipinski definition) is 4. The molecule has 3 fully saturated rings. The molecule has 1 amide bonds. The van der Waals surface area contributed by atoms with Crippen LogP contribution >= 0.6 is 22.6 Å². The number of hydrogen-bond donors (Lipinski definition) is 1. The Kier molecular flexibility index (Phi) is 7.82. The maximum atomic E-state index is 13.2. The van der Waals surface area contributed by atoms with E-state index in [0.29, 0.717) is 24.4 Å². The van der Waals surface area contributed by atoms with Crippen molar-refractivity contribution in [3.63, 3.8) is 0 Å². The quantitative estimate of drug-likeness (QED) is 0.483. The first kappa shape index (κ1) is 19.8. The minimum Gasteiger partial charge on any atom is -0.338 e. The van der Waals surface area contributed by atoms with Gasteiger partial charge in [0.1, 0.15) is 0 Å². The van der Waals surface area contributed by atoms with E-state index in [2.05, 4.69) is 49.5 Å². The van der Waals surface area contributed by atoms with Crippen molar-refractivity contribution in [2.45, 2.75) is 49.0 Å². The third-order valence-corrected chi connectivity index (χ3v) is 7.46. The second kappa shape index (κ2) is 9.85. The van der Waals surface area contributed by atoms with E-state index < -0.39 is 0 Å². The Morgan fingerprint density at radius 2 is 1.76 bits per heavy atom. The molecular formula is C19H35IN4O. The fourth-order valence-electron chi connectivity index (χ4n) is 4.54. The average molecular weight is 462 g/mol. The Morgan fingerprint density at radius 3 is 2.40 bits per heavy atom. The van der Waals surface area contributed by atoms with Gasteiger partial charge in [0.2, 0.25) is 5.91 Å². The van der Waals surface area contributed by atoms with Crippen molar-refractivity contribution in [3.8, 4) is 0 Å². The number of amides is 1. The molecule has 3 heterocycles. The van der Waals surface area contributed by atoms with Gasteiger partial charge in [-0.3, -0.25) is 9.69 Å². The second-order valence-electron chi connectivity index (χ2n) is 8.03. The van der Waals surface area contributed by atoms with E-state index in [-0.39, 0.29) is 0 Å². The highest BCUT2D eigenvalue weighted by Crippen LogP contribution is 2.22. The van der Waals surface area contributed by atoms with E-state index in [1.807, 2.05) is 0 Å². The lowest BCUT2D eigenvalue weighted by molar-refractivity contribution is -0.136. The van der Waals surface area contributed by atoms with Crippen LogP contribution in [0.3, 0.4) is 0 Å². The molecule has 0 bridgehead atoms. The summed E-state index contributed by atoms with van der Waals surface area (Å²) in [4.78, 5) is 20.4. The molecule has 1 atom stereocenters. The van der Waals surface area contributed by atoms with Crippen LogP contribution in [-0.4, -0.2) is 89.5 Å². The molecule has 0 spiro atoms. The van der Waals surface area contributed by atoms with Crippen LogP contribution in [-0.2, 0) is 4.79 Å². The summed E-state index contributed by atoms with van der Waals surface area (Å²) in [5.41, 5.74) is 0. The Bertz CT molecular complexity index is 422. The SMILES string of the molecule is CCN1CCC(CN(C(=O)CN2CCC(I)CC2)C2CCNCC2)C1. The van der Waals surface area contributed by atoms with Crippen molar-refractivity contribution >= 4 is 28.5 Å². The molecule has 0 aromatic rings. The lowest BCUT2D eigenvalue weighted by atomic mass is 10.0. The van der Waals surface area contributed by atoms with Crippen LogP contribution in [0.4, 0.5) is 0 Å². The van der Waals surface area contributed by atoms with E-state index >= 15 is 0 Å². The molecule has 144 valence electrons. The fraction of sp³-hybridized carbons (Fsp3) is 0.947. The number of nitrogens with one attached hydrogen (secondary N) is 1. The highest BCUT2D eigenvalue weighted by Gasteiger charge is 2.31. The van der Waals surface area contributed by atoms with Gasteiger partial charge >= 0.3 is 0 Å². The fourth-order valence-corrected chi connectivity index (χ4v) is 5.10. The van der Waals surface area contributed by atoms with Crippen molar-refractivity contribution < 1.29 is 4.79 Å². The van der Waals surface area contributed by atoms with Crippen molar-refractivity contribution in [1.29, 1.82) is 0 Å². The zero-order valence-corrected chi connectivity index (χ0v) is 17.9. The van der Waals surface area contributed by atoms with Crippen molar-refractivity contribution in [1.82, 2.24) is 20.0 Å². The van der Waals surface area contributed by atoms with E-state index in [4.69, 9.17) is 0 Å². The van der Waals surface area contributed by atoms with Crippen LogP contribution in [0.15, 0.2) is 0 Å². The van der Waals surface area contributed by atoms with Gasteiger partial charge in [0, 0.05) is 23.1 Å². The number of carbonyl (C=O) groups is 1. The van der Waals surface area contributed by atoms with Crippen molar-refractivity contribution in [2.24, 2.45) is 5.92 Å². The summed E-state index contributed by atoms with van der Waals surface area (Å²) in [5.74, 6) is 1.05. The number of likely N-dealkylation sites (tertiary alicyclic amines) is 2. The molecule has 3 saturated heterocycles. The van der Waals surface area contributed by atoms with Gasteiger partial charge in [-0.1, -0.05) is 29.5 Å². The number of halogens is 1. The molecule has 3 aliphatic rings. The monoisotopic (exact) mass is 462 g/mol. The van der Waals surface area contributed by atoms with Gasteiger partial charge in [0.25, 0.3) is 0 Å². The van der Waals surface area contributed by atoms with Crippen LogP contribution in [0, 0.1) is 5.92 Å². The van der Waals surface area contributed by atoms with E-state index in [1.54, 1.807) is 0 Å². The van der Waals surface area contributed by atoms with Crippen molar-refractivity contribution in [3.05, 3.63) is 0 Å². The van der Waals surface area contributed by atoms with Crippen molar-refractivity contribution in [2.75, 3.05) is 58.9 Å². The lowest BCUT2D eigenvalue weighted by Gasteiger charge is -2.38. The predicted molar refractivity (Wildman–Crippen MR) is 111 cm³/mol. The molecule has 3 rings (SSSR count). The summed E-state index contributed by atoms with van der Waals surface area (Å²) in [6.07, 6.45) is 5.95. The molecule has 0 radical (unpaired) electrons. The third-order valence-electron chi connectivity index (χ3n) is 6.22. The Balaban J connectivity index is 1.58. The van der Waals surface area contributed by atoms with Gasteiger partial charge in [0.15, 0.2) is 0 Å². The molecule has 0 saturated carbocycles.